The highest BCUT2D eigenvalue weighted by atomic mass is 19.4. The summed E-state index contributed by atoms with van der Waals surface area (Å²) in [6.07, 6.45) is 1.22. The normalized spacial score (nSPS) is 27.8. The van der Waals surface area contributed by atoms with E-state index in [0.29, 0.717) is 0 Å². The zero-order valence-corrected chi connectivity index (χ0v) is 11.3. The summed E-state index contributed by atoms with van der Waals surface area (Å²) in [4.78, 5) is 13.9. The Labute approximate surface area is 111 Å². The smallest absolute Gasteiger partial charge is 0.342 e. The van der Waals surface area contributed by atoms with Crippen LogP contribution in [0.2, 0.25) is 0 Å². The summed E-state index contributed by atoms with van der Waals surface area (Å²) in [6.45, 7) is 3.64. The maximum absolute atomic E-state index is 13.0. The third-order valence-electron chi connectivity index (χ3n) is 4.29. The lowest BCUT2D eigenvalue weighted by Crippen LogP contribution is -2.53. The second kappa shape index (κ2) is 4.84. The van der Waals surface area contributed by atoms with Crippen LogP contribution < -0.4 is 0 Å². The van der Waals surface area contributed by atoms with Crippen molar-refractivity contribution in [3.05, 3.63) is 12.2 Å². The summed E-state index contributed by atoms with van der Waals surface area (Å²) in [5, 5.41) is 0. The Kier molecular flexibility index (Phi) is 3.67. The first kappa shape index (κ1) is 14.4. The molecule has 1 amide bonds. The van der Waals surface area contributed by atoms with Gasteiger partial charge in [0, 0.05) is 19.0 Å². The van der Waals surface area contributed by atoms with Crippen LogP contribution in [0.5, 0.6) is 0 Å². The van der Waals surface area contributed by atoms with Crippen molar-refractivity contribution in [1.82, 2.24) is 4.90 Å². The number of amides is 1. The fraction of sp³-hybridized carbons (Fsp3) is 0.786. The Bertz CT molecular complexity index is 379. The molecule has 0 aromatic heterocycles. The molecule has 2 rings (SSSR count). The van der Waals surface area contributed by atoms with E-state index >= 15 is 0 Å². The predicted molar refractivity (Wildman–Crippen MR) is 66.4 cm³/mol. The highest BCUT2D eigenvalue weighted by Gasteiger charge is 2.52. The molecule has 0 bridgehead atoms. The summed E-state index contributed by atoms with van der Waals surface area (Å²) >= 11 is 0. The molecule has 0 saturated carbocycles. The van der Waals surface area contributed by atoms with E-state index in [1.54, 1.807) is 18.7 Å². The summed E-state index contributed by atoms with van der Waals surface area (Å²) in [5.41, 5.74) is -0.905. The van der Waals surface area contributed by atoms with Gasteiger partial charge >= 0.3 is 6.18 Å². The Hall–Kier alpha value is -1.00. The quantitative estimate of drug-likeness (QED) is 0.672. The fourth-order valence-corrected chi connectivity index (χ4v) is 3.23. The van der Waals surface area contributed by atoms with E-state index in [1.807, 2.05) is 12.2 Å². The Morgan fingerprint density at radius 1 is 1.26 bits per heavy atom. The number of carbonyl (C=O) groups excluding carboxylic acids is 1. The molecule has 1 aliphatic carbocycles. The Balaban J connectivity index is 2.03. The van der Waals surface area contributed by atoms with Crippen LogP contribution in [0, 0.1) is 17.3 Å². The number of halogens is 3. The highest BCUT2D eigenvalue weighted by molar-refractivity contribution is 5.79. The molecule has 1 saturated heterocycles. The molecule has 1 heterocycles. The molecule has 1 atom stereocenters. The van der Waals surface area contributed by atoms with Crippen molar-refractivity contribution >= 4 is 5.91 Å². The predicted octanol–water partition coefficient (Wildman–Crippen LogP) is 3.39. The average Bonchev–Trinajstić information content (AvgIpc) is 2.77. The molecule has 2 nitrogen and oxygen atoms in total. The van der Waals surface area contributed by atoms with E-state index in [9.17, 15) is 18.0 Å². The molecule has 1 unspecified atom stereocenters. The minimum absolute atomic E-state index is 0.0127. The van der Waals surface area contributed by atoms with Crippen molar-refractivity contribution in [3.8, 4) is 0 Å². The lowest BCUT2D eigenvalue weighted by atomic mass is 9.73. The summed E-state index contributed by atoms with van der Waals surface area (Å²) < 4.78 is 38.9. The largest absolute Gasteiger partial charge is 0.392 e. The number of alkyl halides is 3. The van der Waals surface area contributed by atoms with Crippen LogP contribution >= 0.6 is 0 Å². The number of piperidine rings is 1. The number of carbonyl (C=O) groups is 1. The van der Waals surface area contributed by atoms with E-state index in [1.165, 1.54) is 0 Å². The van der Waals surface area contributed by atoms with E-state index in [0.717, 1.165) is 12.8 Å². The van der Waals surface area contributed by atoms with Gasteiger partial charge in [-0.25, -0.2) is 0 Å². The number of allylic oxidation sites excluding steroid dienone is 2. The number of nitrogens with zero attached hydrogens (tertiary/aromatic N) is 1. The first-order chi connectivity index (χ1) is 8.72. The maximum atomic E-state index is 13.0. The van der Waals surface area contributed by atoms with Gasteiger partial charge < -0.3 is 4.90 Å². The zero-order chi connectivity index (χ0) is 14.3. The van der Waals surface area contributed by atoms with E-state index in [4.69, 9.17) is 0 Å². The third kappa shape index (κ3) is 2.95. The van der Waals surface area contributed by atoms with Gasteiger partial charge in [-0.05, 0) is 24.7 Å². The van der Waals surface area contributed by atoms with E-state index in [-0.39, 0.29) is 31.3 Å². The van der Waals surface area contributed by atoms with Crippen molar-refractivity contribution in [3.63, 3.8) is 0 Å². The summed E-state index contributed by atoms with van der Waals surface area (Å²) in [6, 6.07) is 0. The fourth-order valence-electron chi connectivity index (χ4n) is 3.23. The molecule has 19 heavy (non-hydrogen) atoms. The highest BCUT2D eigenvalue weighted by Crippen LogP contribution is 2.45. The van der Waals surface area contributed by atoms with Gasteiger partial charge in [0.2, 0.25) is 5.91 Å². The van der Waals surface area contributed by atoms with Crippen LogP contribution in [0.25, 0.3) is 0 Å². The van der Waals surface area contributed by atoms with Gasteiger partial charge in [-0.3, -0.25) is 4.79 Å². The van der Waals surface area contributed by atoms with Crippen LogP contribution in [0.1, 0.15) is 33.1 Å². The molecule has 0 N–H and O–H groups in total. The molecule has 0 spiro atoms. The van der Waals surface area contributed by atoms with E-state index < -0.39 is 17.5 Å². The first-order valence-corrected chi connectivity index (χ1v) is 6.72. The second-order valence-corrected chi connectivity index (χ2v) is 6.27. The molecule has 108 valence electrons. The molecule has 0 aromatic rings. The van der Waals surface area contributed by atoms with Gasteiger partial charge in [-0.15, -0.1) is 0 Å². The van der Waals surface area contributed by atoms with Gasteiger partial charge in [-0.2, -0.15) is 13.2 Å². The first-order valence-electron chi connectivity index (χ1n) is 6.72. The van der Waals surface area contributed by atoms with Gasteiger partial charge in [-0.1, -0.05) is 26.0 Å². The van der Waals surface area contributed by atoms with Crippen LogP contribution in [0.15, 0.2) is 12.2 Å². The van der Waals surface area contributed by atoms with Crippen LogP contribution in [-0.4, -0.2) is 30.1 Å². The molecule has 5 heteroatoms. The number of likely N-dealkylation sites (tertiary alicyclic amines) is 1. The Morgan fingerprint density at radius 2 is 1.84 bits per heavy atom. The molecule has 0 radical (unpaired) electrons. The van der Waals surface area contributed by atoms with Gasteiger partial charge in [0.1, 0.15) is 0 Å². The molecule has 1 aliphatic heterocycles. The summed E-state index contributed by atoms with van der Waals surface area (Å²) in [5.74, 6) is -1.36. The van der Waals surface area contributed by atoms with Gasteiger partial charge in [0.25, 0.3) is 0 Å². The number of hydrogen-bond acceptors (Lipinski definition) is 1. The number of rotatable bonds is 1. The van der Waals surface area contributed by atoms with E-state index in [2.05, 4.69) is 0 Å². The number of hydrogen-bond donors (Lipinski definition) is 0. The Morgan fingerprint density at radius 3 is 2.32 bits per heavy atom. The average molecular weight is 275 g/mol. The third-order valence-corrected chi connectivity index (χ3v) is 4.29. The van der Waals surface area contributed by atoms with Gasteiger partial charge in [0.15, 0.2) is 0 Å². The van der Waals surface area contributed by atoms with Crippen molar-refractivity contribution in [1.29, 1.82) is 0 Å². The lowest BCUT2D eigenvalue weighted by molar-refractivity contribution is -0.217. The molecular weight excluding hydrogens is 255 g/mol. The minimum atomic E-state index is -4.17. The standard InChI is InChI=1S/C14H20F3NO/c1-13(2)9-18(8-7-11(13)14(15,16)17)12(19)10-5-3-4-6-10/h3-4,10-11H,5-9H2,1-2H3. The van der Waals surface area contributed by atoms with Crippen molar-refractivity contribution in [2.45, 2.75) is 39.3 Å². The van der Waals surface area contributed by atoms with Crippen molar-refractivity contribution in [2.75, 3.05) is 13.1 Å². The molecule has 1 fully saturated rings. The SMILES string of the molecule is CC1(C)CN(C(=O)C2CC=CC2)CCC1C(F)(F)F. The lowest BCUT2D eigenvalue weighted by Gasteiger charge is -2.45. The zero-order valence-electron chi connectivity index (χ0n) is 11.3. The monoisotopic (exact) mass is 275 g/mol. The van der Waals surface area contributed by atoms with Crippen LogP contribution in [0.3, 0.4) is 0 Å². The van der Waals surface area contributed by atoms with Crippen molar-refractivity contribution in [2.24, 2.45) is 17.3 Å². The molecule has 2 aliphatic rings. The molecular formula is C14H20F3NO. The van der Waals surface area contributed by atoms with Gasteiger partial charge in [0.05, 0.1) is 5.92 Å². The van der Waals surface area contributed by atoms with Crippen LogP contribution in [-0.2, 0) is 4.79 Å². The molecule has 0 aromatic carbocycles. The van der Waals surface area contributed by atoms with Crippen molar-refractivity contribution < 1.29 is 18.0 Å². The topological polar surface area (TPSA) is 20.3 Å². The maximum Gasteiger partial charge on any atom is 0.392 e. The second-order valence-electron chi connectivity index (χ2n) is 6.27. The van der Waals surface area contributed by atoms with Crippen LogP contribution in [0.4, 0.5) is 13.2 Å². The summed E-state index contributed by atoms with van der Waals surface area (Å²) in [7, 11) is 0. The minimum Gasteiger partial charge on any atom is -0.342 e.